The number of benzene rings is 1. The van der Waals surface area contributed by atoms with Gasteiger partial charge in [-0.25, -0.2) is 0 Å². The molecule has 1 aromatic carbocycles. The normalized spacial score (nSPS) is 8.00. The third-order valence-electron chi connectivity index (χ3n) is 2.05. The van der Waals surface area contributed by atoms with Crippen LogP contribution in [0, 0.1) is 0 Å². The molecule has 0 unspecified atom stereocenters. The van der Waals surface area contributed by atoms with Gasteiger partial charge in [-0.2, -0.15) is 0 Å². The molecular weight excluding hydrogens is 192 g/mol. The first-order valence-corrected chi connectivity index (χ1v) is 6.33. The van der Waals surface area contributed by atoms with Crippen LogP contribution in [-0.2, 0) is 6.42 Å². The second-order valence-corrected chi connectivity index (χ2v) is 3.25. The van der Waals surface area contributed by atoms with Crippen LogP contribution in [0.3, 0.4) is 0 Å². The van der Waals surface area contributed by atoms with E-state index in [1.54, 1.807) is 0 Å². The van der Waals surface area contributed by atoms with Crippen molar-refractivity contribution in [2.24, 2.45) is 0 Å². The van der Waals surface area contributed by atoms with Gasteiger partial charge < -0.3 is 0 Å². The zero-order valence-corrected chi connectivity index (χ0v) is 11.6. The van der Waals surface area contributed by atoms with E-state index in [4.69, 9.17) is 0 Å². The van der Waals surface area contributed by atoms with Crippen molar-refractivity contribution in [2.45, 2.75) is 68.2 Å². The quantitative estimate of drug-likeness (QED) is 0.572. The van der Waals surface area contributed by atoms with Gasteiger partial charge in [-0.3, -0.25) is 0 Å². The largest absolute Gasteiger partial charge is 0.0776 e. The van der Waals surface area contributed by atoms with E-state index >= 15 is 0 Å². The molecule has 0 saturated carbocycles. The molecule has 0 aliphatic rings. The smallest absolute Gasteiger partial charge is 0.0219 e. The minimum absolute atomic E-state index is 0. The van der Waals surface area contributed by atoms with Crippen LogP contribution in [0.25, 0.3) is 0 Å². The van der Waals surface area contributed by atoms with Crippen molar-refractivity contribution in [2.75, 3.05) is 0 Å². The molecule has 0 fully saturated rings. The van der Waals surface area contributed by atoms with Gasteiger partial charge in [-0.15, -0.1) is 0 Å². The van der Waals surface area contributed by atoms with Crippen LogP contribution in [0.5, 0.6) is 0 Å². The van der Waals surface area contributed by atoms with Crippen LogP contribution >= 0.6 is 0 Å². The van der Waals surface area contributed by atoms with Gasteiger partial charge in [0.1, 0.15) is 0 Å². The van der Waals surface area contributed by atoms with Crippen molar-refractivity contribution in [1.82, 2.24) is 0 Å². The molecule has 0 aliphatic carbocycles. The standard InChI is InChI=1S/C11H16.2C2H6.CH4/c1-4-10-5-7-11(8-6-10)9(2)3;2*1-2;/h5-9H,4H2,1-3H3;2*1-2H3;1H4. The molecule has 16 heavy (non-hydrogen) atoms. The second-order valence-electron chi connectivity index (χ2n) is 3.25. The molecule has 0 bridgehead atoms. The number of hydrogen-bond acceptors (Lipinski definition) is 0. The first-order chi connectivity index (χ1) is 7.24. The average molecular weight is 224 g/mol. The Labute approximate surface area is 104 Å². The fourth-order valence-electron chi connectivity index (χ4n) is 1.14. The lowest BCUT2D eigenvalue weighted by Crippen LogP contribution is -1.87. The average Bonchev–Trinajstić information content (AvgIpc) is 2.34. The summed E-state index contributed by atoms with van der Waals surface area (Å²) in [5.74, 6) is 0.654. The van der Waals surface area contributed by atoms with E-state index in [0.29, 0.717) is 5.92 Å². The Kier molecular flexibility index (Phi) is 18.3. The van der Waals surface area contributed by atoms with E-state index in [9.17, 15) is 0 Å². The predicted octanol–water partition coefficient (Wildman–Crippen LogP) is 6.06. The first-order valence-electron chi connectivity index (χ1n) is 6.33. The molecule has 0 spiro atoms. The summed E-state index contributed by atoms with van der Waals surface area (Å²) < 4.78 is 0. The van der Waals surface area contributed by atoms with Crippen molar-refractivity contribution >= 4 is 0 Å². The highest BCUT2D eigenvalue weighted by Gasteiger charge is 1.96. The third-order valence-corrected chi connectivity index (χ3v) is 2.05. The maximum absolute atomic E-state index is 2.23. The van der Waals surface area contributed by atoms with Crippen molar-refractivity contribution < 1.29 is 0 Å². The summed E-state index contributed by atoms with van der Waals surface area (Å²) in [6.45, 7) is 14.6. The van der Waals surface area contributed by atoms with Gasteiger partial charge in [-0.1, -0.05) is 80.2 Å². The van der Waals surface area contributed by atoms with Crippen LogP contribution in [-0.4, -0.2) is 0 Å². The zero-order chi connectivity index (χ0) is 12.3. The molecule has 0 radical (unpaired) electrons. The van der Waals surface area contributed by atoms with E-state index in [1.165, 1.54) is 11.1 Å². The lowest BCUT2D eigenvalue weighted by atomic mass is 10.0. The predicted molar refractivity (Wildman–Crippen MR) is 79.3 cm³/mol. The first kappa shape index (κ1) is 20.6. The molecule has 0 heteroatoms. The van der Waals surface area contributed by atoms with Gasteiger partial charge in [0.15, 0.2) is 0 Å². The Morgan fingerprint density at radius 2 is 1.25 bits per heavy atom. The number of hydrogen-bond donors (Lipinski definition) is 0. The molecule has 0 aromatic heterocycles. The van der Waals surface area contributed by atoms with Gasteiger partial charge in [-0.05, 0) is 23.5 Å². The second kappa shape index (κ2) is 14.2. The third kappa shape index (κ3) is 8.52. The van der Waals surface area contributed by atoms with E-state index < -0.39 is 0 Å². The highest BCUT2D eigenvalue weighted by atomic mass is 14.0. The molecule has 1 aromatic rings. The maximum atomic E-state index is 2.23. The Morgan fingerprint density at radius 3 is 1.50 bits per heavy atom. The molecule has 0 heterocycles. The number of aryl methyl sites for hydroxylation is 1. The molecule has 0 N–H and O–H groups in total. The summed E-state index contributed by atoms with van der Waals surface area (Å²) in [7, 11) is 0. The summed E-state index contributed by atoms with van der Waals surface area (Å²) >= 11 is 0. The Morgan fingerprint density at radius 1 is 0.875 bits per heavy atom. The van der Waals surface area contributed by atoms with E-state index in [2.05, 4.69) is 45.0 Å². The summed E-state index contributed by atoms with van der Waals surface area (Å²) in [5.41, 5.74) is 2.86. The van der Waals surface area contributed by atoms with Crippen molar-refractivity contribution in [3.05, 3.63) is 35.4 Å². The SMILES string of the molecule is C.CC.CC.CCc1ccc(C(C)C)cc1. The van der Waals surface area contributed by atoms with Gasteiger partial charge in [0.25, 0.3) is 0 Å². The highest BCUT2D eigenvalue weighted by Crippen LogP contribution is 2.14. The Balaban J connectivity index is -0.000000305. The van der Waals surface area contributed by atoms with E-state index in [0.717, 1.165) is 6.42 Å². The van der Waals surface area contributed by atoms with Crippen LogP contribution in [0.1, 0.15) is 72.9 Å². The fraction of sp³-hybridized carbons (Fsp3) is 0.625. The lowest BCUT2D eigenvalue weighted by Gasteiger charge is -2.04. The Bertz CT molecular complexity index is 206. The van der Waals surface area contributed by atoms with Crippen LogP contribution in [0.15, 0.2) is 24.3 Å². The minimum Gasteiger partial charge on any atom is -0.0776 e. The topological polar surface area (TPSA) is 0 Å². The summed E-state index contributed by atoms with van der Waals surface area (Å²) in [4.78, 5) is 0. The van der Waals surface area contributed by atoms with E-state index in [-0.39, 0.29) is 7.43 Å². The molecule has 0 aliphatic heterocycles. The molecule has 0 nitrogen and oxygen atoms in total. The van der Waals surface area contributed by atoms with Crippen molar-refractivity contribution in [1.29, 1.82) is 0 Å². The Hall–Kier alpha value is -0.780. The van der Waals surface area contributed by atoms with Crippen LogP contribution in [0.2, 0.25) is 0 Å². The molecule has 0 saturated heterocycles. The van der Waals surface area contributed by atoms with Gasteiger partial charge in [0.05, 0.1) is 0 Å². The maximum Gasteiger partial charge on any atom is -0.0219 e. The molecule has 0 amide bonds. The van der Waals surface area contributed by atoms with Gasteiger partial charge >= 0.3 is 0 Å². The minimum atomic E-state index is 0. The molecule has 96 valence electrons. The van der Waals surface area contributed by atoms with Crippen molar-refractivity contribution in [3.8, 4) is 0 Å². The van der Waals surface area contributed by atoms with Gasteiger partial charge in [0, 0.05) is 0 Å². The van der Waals surface area contributed by atoms with Gasteiger partial charge in [0.2, 0.25) is 0 Å². The van der Waals surface area contributed by atoms with Crippen molar-refractivity contribution in [3.63, 3.8) is 0 Å². The highest BCUT2D eigenvalue weighted by molar-refractivity contribution is 5.24. The molecular formula is C16H32. The monoisotopic (exact) mass is 224 g/mol. The fourth-order valence-corrected chi connectivity index (χ4v) is 1.14. The lowest BCUT2D eigenvalue weighted by molar-refractivity contribution is 0.865. The summed E-state index contributed by atoms with van der Waals surface area (Å²) in [6.07, 6.45) is 1.14. The summed E-state index contributed by atoms with van der Waals surface area (Å²) in [6, 6.07) is 8.89. The zero-order valence-electron chi connectivity index (χ0n) is 11.6. The summed E-state index contributed by atoms with van der Waals surface area (Å²) in [5, 5.41) is 0. The van der Waals surface area contributed by atoms with E-state index in [1.807, 2.05) is 27.7 Å². The molecule has 1 rings (SSSR count). The van der Waals surface area contributed by atoms with Crippen LogP contribution < -0.4 is 0 Å². The number of rotatable bonds is 2. The van der Waals surface area contributed by atoms with Crippen LogP contribution in [0.4, 0.5) is 0 Å². The molecule has 0 atom stereocenters.